The van der Waals surface area contributed by atoms with Gasteiger partial charge in [0.1, 0.15) is 17.7 Å². The summed E-state index contributed by atoms with van der Waals surface area (Å²) in [6.07, 6.45) is 0.334. The monoisotopic (exact) mass is 537 g/mol. The van der Waals surface area contributed by atoms with Gasteiger partial charge in [0.2, 0.25) is 5.91 Å². The van der Waals surface area contributed by atoms with E-state index in [4.69, 9.17) is 4.74 Å². The molecule has 2 atom stereocenters. The van der Waals surface area contributed by atoms with Crippen LogP contribution in [0.1, 0.15) is 91.0 Å². The molecule has 2 rings (SSSR count). The molecule has 0 fully saturated rings. The Morgan fingerprint density at radius 3 is 1.95 bits per heavy atom. The van der Waals surface area contributed by atoms with Crippen molar-refractivity contribution in [3.63, 3.8) is 0 Å². The molecule has 2 aromatic carbocycles. The first-order valence-electron chi connectivity index (χ1n) is 13.8. The number of benzene rings is 2. The fourth-order valence-corrected chi connectivity index (χ4v) is 4.51. The second kappa shape index (κ2) is 13.1. The largest absolute Gasteiger partial charge is 0.444 e. The van der Waals surface area contributed by atoms with Gasteiger partial charge >= 0.3 is 6.09 Å². The molecule has 0 aliphatic heterocycles. The summed E-state index contributed by atoms with van der Waals surface area (Å²) in [6, 6.07) is 13.4. The molecule has 0 aliphatic rings. The molecular weight excluding hydrogens is 490 g/mol. The number of rotatable bonds is 10. The van der Waals surface area contributed by atoms with Crippen LogP contribution in [0.2, 0.25) is 0 Å². The minimum absolute atomic E-state index is 0.110. The van der Waals surface area contributed by atoms with Crippen LogP contribution in [0, 0.1) is 19.8 Å². The Morgan fingerprint density at radius 1 is 0.897 bits per heavy atom. The van der Waals surface area contributed by atoms with Crippen LogP contribution in [-0.2, 0) is 14.3 Å². The minimum atomic E-state index is -0.928. The predicted molar refractivity (Wildman–Crippen MR) is 158 cm³/mol. The van der Waals surface area contributed by atoms with Crippen LogP contribution < -0.4 is 10.6 Å². The van der Waals surface area contributed by atoms with E-state index in [-0.39, 0.29) is 17.7 Å². The molecule has 0 aliphatic carbocycles. The zero-order valence-corrected chi connectivity index (χ0v) is 25.3. The maximum absolute atomic E-state index is 14.5. The van der Waals surface area contributed by atoms with Crippen molar-refractivity contribution >= 4 is 23.6 Å². The molecule has 0 bridgehead atoms. The number of carbonyl (C=O) groups is 3. The van der Waals surface area contributed by atoms with Crippen LogP contribution in [0.25, 0.3) is 0 Å². The Hall–Kier alpha value is -3.35. The number of para-hydroxylation sites is 1. The highest BCUT2D eigenvalue weighted by molar-refractivity contribution is 6.00. The normalized spacial score (nSPS) is 13.4. The molecule has 39 heavy (non-hydrogen) atoms. The molecule has 7 heteroatoms. The van der Waals surface area contributed by atoms with Crippen LogP contribution in [0.4, 0.5) is 10.5 Å². The molecule has 0 radical (unpaired) electrons. The van der Waals surface area contributed by atoms with E-state index in [1.807, 2.05) is 97.0 Å². The van der Waals surface area contributed by atoms with Crippen LogP contribution >= 0.6 is 0 Å². The van der Waals surface area contributed by atoms with E-state index in [9.17, 15) is 14.4 Å². The Labute approximate surface area is 234 Å². The molecule has 3 amide bonds. The molecular formula is C32H47N3O4. The number of amides is 3. The van der Waals surface area contributed by atoms with Crippen molar-refractivity contribution < 1.29 is 19.1 Å². The van der Waals surface area contributed by atoms with E-state index in [1.165, 1.54) is 0 Å². The third kappa shape index (κ3) is 8.84. The van der Waals surface area contributed by atoms with Crippen molar-refractivity contribution in [2.75, 3.05) is 5.32 Å². The van der Waals surface area contributed by atoms with Gasteiger partial charge in [-0.1, -0.05) is 69.3 Å². The lowest BCUT2D eigenvalue weighted by Crippen LogP contribution is -2.59. The average molecular weight is 538 g/mol. The number of nitrogens with zero attached hydrogens (tertiary/aromatic N) is 1. The molecule has 214 valence electrons. The summed E-state index contributed by atoms with van der Waals surface area (Å²) in [5, 5.41) is 5.93. The third-order valence-corrected chi connectivity index (χ3v) is 6.80. The van der Waals surface area contributed by atoms with Gasteiger partial charge in [-0.2, -0.15) is 0 Å². The van der Waals surface area contributed by atoms with Gasteiger partial charge in [-0.15, -0.1) is 0 Å². The van der Waals surface area contributed by atoms with Crippen LogP contribution in [-0.4, -0.2) is 40.0 Å². The third-order valence-electron chi connectivity index (χ3n) is 6.80. The van der Waals surface area contributed by atoms with Crippen LogP contribution in [0.3, 0.4) is 0 Å². The zero-order chi connectivity index (χ0) is 29.5. The standard InChI is InChI=1S/C32H47N3O4/c1-11-32(9,10)35(29(37)25(20-21(2)3)33-30(38)39-31(6,7)8)27(24-18-13-12-14-19-24)28(36)34-26-22(4)16-15-17-23(26)5/h12-19,21,25,27H,11,20H2,1-10H3,(H,33,38)(H,34,36). The van der Waals surface area contributed by atoms with E-state index in [0.29, 0.717) is 18.4 Å². The first-order valence-corrected chi connectivity index (χ1v) is 13.8. The van der Waals surface area contributed by atoms with Gasteiger partial charge in [0.25, 0.3) is 5.91 Å². The molecule has 2 aromatic rings. The first kappa shape index (κ1) is 31.9. The number of anilines is 1. The summed E-state index contributed by atoms with van der Waals surface area (Å²) in [7, 11) is 0. The molecule has 0 heterocycles. The maximum atomic E-state index is 14.5. The van der Waals surface area contributed by atoms with E-state index in [2.05, 4.69) is 10.6 Å². The second-order valence-corrected chi connectivity index (χ2v) is 12.3. The van der Waals surface area contributed by atoms with Gasteiger partial charge in [0.05, 0.1) is 0 Å². The van der Waals surface area contributed by atoms with Gasteiger partial charge in [-0.05, 0) is 83.9 Å². The van der Waals surface area contributed by atoms with Crippen LogP contribution in [0.5, 0.6) is 0 Å². The Morgan fingerprint density at radius 2 is 1.46 bits per heavy atom. The fraction of sp³-hybridized carbons (Fsp3) is 0.531. The number of alkyl carbamates (subject to hydrolysis) is 1. The maximum Gasteiger partial charge on any atom is 0.408 e. The van der Waals surface area contributed by atoms with Gasteiger partial charge in [0, 0.05) is 11.2 Å². The summed E-state index contributed by atoms with van der Waals surface area (Å²) in [5.41, 5.74) is 1.88. The topological polar surface area (TPSA) is 87.7 Å². The molecule has 0 spiro atoms. The lowest BCUT2D eigenvalue weighted by atomic mass is 9.90. The van der Waals surface area contributed by atoms with Crippen molar-refractivity contribution in [1.29, 1.82) is 0 Å². The van der Waals surface area contributed by atoms with Gasteiger partial charge in [0.15, 0.2) is 0 Å². The molecule has 0 aromatic heterocycles. The second-order valence-electron chi connectivity index (χ2n) is 12.3. The van der Waals surface area contributed by atoms with E-state index >= 15 is 0 Å². The molecule has 2 N–H and O–H groups in total. The number of nitrogens with one attached hydrogen (secondary N) is 2. The first-order chi connectivity index (χ1) is 18.1. The van der Waals surface area contributed by atoms with Crippen LogP contribution in [0.15, 0.2) is 48.5 Å². The lowest BCUT2D eigenvalue weighted by molar-refractivity contribution is -0.148. The van der Waals surface area contributed by atoms with Gasteiger partial charge < -0.3 is 20.3 Å². The summed E-state index contributed by atoms with van der Waals surface area (Å²) < 4.78 is 5.49. The number of ether oxygens (including phenoxy) is 1. The molecule has 2 unspecified atom stereocenters. The van der Waals surface area contributed by atoms with Crippen molar-refractivity contribution in [2.24, 2.45) is 5.92 Å². The number of hydrogen-bond donors (Lipinski definition) is 2. The number of hydrogen-bond acceptors (Lipinski definition) is 4. The SMILES string of the molecule is CCC(C)(C)N(C(=O)C(CC(C)C)NC(=O)OC(C)(C)C)C(C(=O)Nc1c(C)cccc1C)c1ccccc1. The minimum Gasteiger partial charge on any atom is -0.444 e. The number of carbonyl (C=O) groups excluding carboxylic acids is 3. The van der Waals surface area contributed by atoms with Crippen molar-refractivity contribution in [3.8, 4) is 0 Å². The summed E-state index contributed by atoms with van der Waals surface area (Å²) >= 11 is 0. The molecule has 7 nitrogen and oxygen atoms in total. The molecule has 0 saturated carbocycles. The van der Waals surface area contributed by atoms with E-state index in [1.54, 1.807) is 25.7 Å². The average Bonchev–Trinajstić information content (AvgIpc) is 2.82. The fourth-order valence-electron chi connectivity index (χ4n) is 4.51. The van der Waals surface area contributed by atoms with E-state index < -0.39 is 29.3 Å². The highest BCUT2D eigenvalue weighted by atomic mass is 16.6. The van der Waals surface area contributed by atoms with Crippen molar-refractivity contribution in [3.05, 3.63) is 65.2 Å². The number of aryl methyl sites for hydroxylation is 2. The summed E-state index contributed by atoms with van der Waals surface area (Å²) in [5.74, 6) is -0.528. The Kier molecular flexibility index (Phi) is 10.7. The molecule has 0 saturated heterocycles. The Bertz CT molecular complexity index is 1120. The van der Waals surface area contributed by atoms with Gasteiger partial charge in [-0.25, -0.2) is 4.79 Å². The smallest absolute Gasteiger partial charge is 0.408 e. The summed E-state index contributed by atoms with van der Waals surface area (Å²) in [4.78, 5) is 43.1. The van der Waals surface area contributed by atoms with Crippen molar-refractivity contribution in [1.82, 2.24) is 10.2 Å². The zero-order valence-electron chi connectivity index (χ0n) is 25.3. The Balaban J connectivity index is 2.63. The predicted octanol–water partition coefficient (Wildman–Crippen LogP) is 6.94. The quantitative estimate of drug-likeness (QED) is 0.344. The lowest BCUT2D eigenvalue weighted by Gasteiger charge is -2.45. The summed E-state index contributed by atoms with van der Waals surface area (Å²) in [6.45, 7) is 19.1. The van der Waals surface area contributed by atoms with Gasteiger partial charge in [-0.3, -0.25) is 9.59 Å². The van der Waals surface area contributed by atoms with E-state index in [0.717, 1.165) is 16.8 Å². The van der Waals surface area contributed by atoms with Crippen molar-refractivity contribution in [2.45, 2.75) is 105 Å². The highest BCUT2D eigenvalue weighted by Crippen LogP contribution is 2.34. The highest BCUT2D eigenvalue weighted by Gasteiger charge is 2.43.